The van der Waals surface area contributed by atoms with Crippen LogP contribution < -0.4 is 5.32 Å². The van der Waals surface area contributed by atoms with Crippen molar-refractivity contribution in [2.75, 3.05) is 5.75 Å². The van der Waals surface area contributed by atoms with E-state index in [4.69, 9.17) is 16.6 Å². The van der Waals surface area contributed by atoms with Crippen LogP contribution in [0.5, 0.6) is 0 Å². The fourth-order valence-electron chi connectivity index (χ4n) is 3.45. The molecule has 2 aromatic carbocycles. The molecule has 1 N–H and O–H groups in total. The Morgan fingerprint density at radius 3 is 2.63 bits per heavy atom. The van der Waals surface area contributed by atoms with E-state index in [0.717, 1.165) is 16.8 Å². The fraction of sp³-hybridized carbons (Fsp3) is 0.273. The van der Waals surface area contributed by atoms with Crippen molar-refractivity contribution < 1.29 is 9.59 Å². The molecule has 6 nitrogen and oxygen atoms in total. The maximum absolute atomic E-state index is 12.6. The summed E-state index contributed by atoms with van der Waals surface area (Å²) in [5.74, 6) is 0.595. The second-order valence-electron chi connectivity index (χ2n) is 7.44. The highest BCUT2D eigenvalue weighted by molar-refractivity contribution is 8.14. The molecule has 2 heterocycles. The Morgan fingerprint density at radius 1 is 1.17 bits per heavy atom. The first-order chi connectivity index (χ1) is 14.4. The normalized spacial score (nSPS) is 17.4. The number of aliphatic imine (C=N–C) groups is 2. The molecule has 154 valence electrons. The van der Waals surface area contributed by atoms with Crippen LogP contribution in [0.1, 0.15) is 25.0 Å². The summed E-state index contributed by atoms with van der Waals surface area (Å²) in [7, 11) is 0. The van der Waals surface area contributed by atoms with Crippen molar-refractivity contribution in [1.29, 1.82) is 0 Å². The highest BCUT2D eigenvalue weighted by Crippen LogP contribution is 2.35. The van der Waals surface area contributed by atoms with E-state index in [1.165, 1.54) is 11.8 Å². The second-order valence-corrected chi connectivity index (χ2v) is 8.81. The number of carbonyl (C=O) groups is 2. The van der Waals surface area contributed by atoms with Crippen LogP contribution in [-0.2, 0) is 16.1 Å². The van der Waals surface area contributed by atoms with Gasteiger partial charge in [-0.1, -0.05) is 61.5 Å². The highest BCUT2D eigenvalue weighted by atomic mass is 35.5. The molecule has 0 radical (unpaired) electrons. The third kappa shape index (κ3) is 4.13. The molecule has 1 atom stereocenters. The van der Waals surface area contributed by atoms with Crippen LogP contribution in [0.3, 0.4) is 0 Å². The van der Waals surface area contributed by atoms with Crippen LogP contribution in [-0.4, -0.2) is 39.5 Å². The second kappa shape index (κ2) is 8.62. The summed E-state index contributed by atoms with van der Waals surface area (Å²) in [5.41, 5.74) is 2.57. The molecule has 2 aliphatic heterocycles. The number of amides is 2. The molecule has 2 amide bonds. The van der Waals surface area contributed by atoms with E-state index in [9.17, 15) is 9.59 Å². The third-order valence-corrected chi connectivity index (χ3v) is 6.11. The van der Waals surface area contributed by atoms with Gasteiger partial charge in [0, 0.05) is 17.1 Å². The van der Waals surface area contributed by atoms with Crippen molar-refractivity contribution in [3.05, 3.63) is 64.7 Å². The largest absolute Gasteiger partial charge is 0.351 e. The molecule has 1 unspecified atom stereocenters. The van der Waals surface area contributed by atoms with E-state index in [2.05, 4.69) is 10.3 Å². The predicted octanol–water partition coefficient (Wildman–Crippen LogP) is 4.00. The van der Waals surface area contributed by atoms with Crippen LogP contribution in [0.25, 0.3) is 0 Å². The molecule has 0 spiro atoms. The lowest BCUT2D eigenvalue weighted by Crippen LogP contribution is -2.46. The number of hydrogen-bond acceptors (Lipinski definition) is 5. The Kier molecular flexibility index (Phi) is 5.92. The van der Waals surface area contributed by atoms with Gasteiger partial charge in [-0.05, 0) is 35.7 Å². The lowest BCUT2D eigenvalue weighted by atomic mass is 10.0. The van der Waals surface area contributed by atoms with Gasteiger partial charge in [-0.2, -0.15) is 4.99 Å². The molecule has 30 heavy (non-hydrogen) atoms. The number of fused-ring (bicyclic) bond motifs is 3. The zero-order valence-electron chi connectivity index (χ0n) is 16.6. The van der Waals surface area contributed by atoms with Crippen LogP contribution in [0.15, 0.2) is 58.5 Å². The van der Waals surface area contributed by atoms with E-state index in [1.54, 1.807) is 12.1 Å². The zero-order valence-corrected chi connectivity index (χ0v) is 18.2. The molecule has 0 aromatic heterocycles. The van der Waals surface area contributed by atoms with Crippen molar-refractivity contribution >= 4 is 51.9 Å². The smallest absolute Gasteiger partial charge is 0.271 e. The van der Waals surface area contributed by atoms with Crippen LogP contribution in [0.2, 0.25) is 5.02 Å². The number of hydrogen-bond donors (Lipinski definition) is 1. The molecule has 0 bridgehead atoms. The standard InChI is InChI=1S/C22H21ClN4O2S/c1-13(2)19-21(29)26-20-16-5-3-4-6-17(16)25-22(27(19)20)30-12-18(28)24-11-14-7-9-15(23)10-8-14/h3-10,13,19H,11-12H2,1-2H3,(H,24,28). The van der Waals surface area contributed by atoms with Gasteiger partial charge < -0.3 is 5.32 Å². The number of nitrogens with one attached hydrogen (secondary N) is 1. The number of para-hydroxylation sites is 1. The molecule has 0 saturated carbocycles. The van der Waals surface area contributed by atoms with Gasteiger partial charge in [-0.15, -0.1) is 0 Å². The van der Waals surface area contributed by atoms with E-state index >= 15 is 0 Å². The van der Waals surface area contributed by atoms with Crippen molar-refractivity contribution in [2.45, 2.75) is 26.4 Å². The van der Waals surface area contributed by atoms with E-state index in [1.807, 2.05) is 55.1 Å². The maximum Gasteiger partial charge on any atom is 0.271 e. The minimum atomic E-state index is -0.406. The van der Waals surface area contributed by atoms with E-state index in [-0.39, 0.29) is 23.5 Å². The molecule has 0 saturated heterocycles. The molecule has 2 aliphatic rings. The molecule has 8 heteroatoms. The van der Waals surface area contributed by atoms with Crippen LogP contribution >= 0.6 is 23.4 Å². The summed E-state index contributed by atoms with van der Waals surface area (Å²) in [5, 5.41) is 4.19. The number of thioether (sulfide) groups is 1. The van der Waals surface area contributed by atoms with Crippen LogP contribution in [0, 0.1) is 5.92 Å². The highest BCUT2D eigenvalue weighted by Gasteiger charge is 2.43. The van der Waals surface area contributed by atoms with Gasteiger partial charge in [-0.3, -0.25) is 14.5 Å². The average molecular weight is 441 g/mol. The SMILES string of the molecule is CC(C)C1C(=O)N=C2c3ccccc3N=C(SCC(=O)NCc3ccc(Cl)cc3)N21. The van der Waals surface area contributed by atoms with Gasteiger partial charge in [0.15, 0.2) is 5.17 Å². The number of nitrogens with zero attached hydrogens (tertiary/aromatic N) is 3. The van der Waals surface area contributed by atoms with Gasteiger partial charge in [0.2, 0.25) is 5.91 Å². The summed E-state index contributed by atoms with van der Waals surface area (Å²) in [4.78, 5) is 35.9. The lowest BCUT2D eigenvalue weighted by molar-refractivity contribution is -0.120. The molecule has 4 rings (SSSR count). The minimum Gasteiger partial charge on any atom is -0.351 e. The molecule has 0 aliphatic carbocycles. The predicted molar refractivity (Wildman–Crippen MR) is 121 cm³/mol. The third-order valence-electron chi connectivity index (χ3n) is 4.91. The summed E-state index contributed by atoms with van der Waals surface area (Å²) in [6.45, 7) is 4.40. The number of rotatable bonds is 5. The molecule has 0 fully saturated rings. The molecular weight excluding hydrogens is 420 g/mol. The van der Waals surface area contributed by atoms with E-state index < -0.39 is 6.04 Å². The van der Waals surface area contributed by atoms with Crippen molar-refractivity contribution in [1.82, 2.24) is 10.2 Å². The van der Waals surface area contributed by atoms with Gasteiger partial charge in [0.25, 0.3) is 5.91 Å². The maximum atomic E-state index is 12.6. The van der Waals surface area contributed by atoms with E-state index in [0.29, 0.717) is 22.6 Å². The average Bonchev–Trinajstić information content (AvgIpc) is 3.09. The van der Waals surface area contributed by atoms with Crippen molar-refractivity contribution in [3.63, 3.8) is 0 Å². The number of amidine groups is 2. The van der Waals surface area contributed by atoms with Gasteiger partial charge in [0.1, 0.15) is 11.9 Å². The quantitative estimate of drug-likeness (QED) is 0.762. The van der Waals surface area contributed by atoms with Gasteiger partial charge >= 0.3 is 0 Å². The summed E-state index contributed by atoms with van der Waals surface area (Å²) in [6.07, 6.45) is 0. The Labute approximate surface area is 184 Å². The first-order valence-corrected chi connectivity index (χ1v) is 11.0. The van der Waals surface area contributed by atoms with Gasteiger partial charge in [-0.25, -0.2) is 4.99 Å². The first-order valence-electron chi connectivity index (χ1n) is 9.68. The molecule has 2 aromatic rings. The molecular formula is C22H21ClN4O2S. The topological polar surface area (TPSA) is 74.1 Å². The first kappa shape index (κ1) is 20.6. The Balaban J connectivity index is 1.49. The van der Waals surface area contributed by atoms with Gasteiger partial charge in [0.05, 0.1) is 11.4 Å². The fourth-order valence-corrected chi connectivity index (χ4v) is 4.44. The Morgan fingerprint density at radius 2 is 1.90 bits per heavy atom. The van der Waals surface area contributed by atoms with Crippen LogP contribution in [0.4, 0.5) is 5.69 Å². The number of carbonyl (C=O) groups excluding carboxylic acids is 2. The number of benzene rings is 2. The monoisotopic (exact) mass is 440 g/mol. The lowest BCUT2D eigenvalue weighted by Gasteiger charge is -2.32. The number of halogens is 1. The van der Waals surface area contributed by atoms with Crippen molar-refractivity contribution in [3.8, 4) is 0 Å². The Hall–Kier alpha value is -2.64. The summed E-state index contributed by atoms with van der Waals surface area (Å²) in [6, 6.07) is 14.6. The van der Waals surface area contributed by atoms with Crippen molar-refractivity contribution in [2.24, 2.45) is 15.9 Å². The zero-order chi connectivity index (χ0) is 21.3. The summed E-state index contributed by atoms with van der Waals surface area (Å²) >= 11 is 7.21. The minimum absolute atomic E-state index is 0.0635. The summed E-state index contributed by atoms with van der Waals surface area (Å²) < 4.78 is 0. The Bertz CT molecular complexity index is 1050.